The summed E-state index contributed by atoms with van der Waals surface area (Å²) in [6.07, 6.45) is 0. The van der Waals surface area contributed by atoms with E-state index in [0.29, 0.717) is 30.3 Å². The van der Waals surface area contributed by atoms with Gasteiger partial charge in [-0.1, -0.05) is 12.1 Å². The average Bonchev–Trinajstić information content (AvgIpc) is 3.10. The Morgan fingerprint density at radius 1 is 1.33 bits per heavy atom. The number of nitrogens with one attached hydrogen (secondary N) is 1. The van der Waals surface area contributed by atoms with Crippen molar-refractivity contribution in [3.63, 3.8) is 0 Å². The number of carbonyl (C=O) groups excluding carboxylic acids is 1. The molecule has 1 aromatic carbocycles. The molecule has 1 amide bonds. The summed E-state index contributed by atoms with van der Waals surface area (Å²) < 4.78 is 32.4. The van der Waals surface area contributed by atoms with E-state index in [1.54, 1.807) is 24.3 Å². The summed E-state index contributed by atoms with van der Waals surface area (Å²) in [5.74, 6) is -0.251. The summed E-state index contributed by atoms with van der Waals surface area (Å²) >= 11 is 1.33. The molecule has 0 aliphatic carbocycles. The van der Waals surface area contributed by atoms with Crippen LogP contribution in [0.3, 0.4) is 0 Å². The second-order valence-electron chi connectivity index (χ2n) is 5.50. The third kappa shape index (κ3) is 3.51. The number of amides is 1. The Bertz CT molecular complexity index is 818. The van der Waals surface area contributed by atoms with Gasteiger partial charge < -0.3 is 10.1 Å². The normalized spacial score (nSPS) is 19.1. The second kappa shape index (κ2) is 7.02. The van der Waals surface area contributed by atoms with Crippen LogP contribution in [0.1, 0.15) is 16.6 Å². The molecule has 1 saturated heterocycles. The molecule has 128 valence electrons. The third-order valence-corrected chi connectivity index (χ3v) is 6.63. The van der Waals surface area contributed by atoms with Crippen molar-refractivity contribution in [3.05, 3.63) is 46.7 Å². The van der Waals surface area contributed by atoms with Gasteiger partial charge in [-0.25, -0.2) is 8.42 Å². The molecule has 6 nitrogen and oxygen atoms in total. The molecule has 1 aliphatic rings. The van der Waals surface area contributed by atoms with Gasteiger partial charge in [-0.2, -0.15) is 4.31 Å². The van der Waals surface area contributed by atoms with Crippen molar-refractivity contribution in [3.8, 4) is 0 Å². The molecule has 0 radical (unpaired) electrons. The van der Waals surface area contributed by atoms with Gasteiger partial charge in [0.25, 0.3) is 5.91 Å². The van der Waals surface area contributed by atoms with Crippen molar-refractivity contribution in [2.45, 2.75) is 17.9 Å². The van der Waals surface area contributed by atoms with Crippen LogP contribution in [0.15, 0.2) is 46.7 Å². The number of sulfonamides is 1. The average molecular weight is 366 g/mol. The van der Waals surface area contributed by atoms with E-state index in [4.69, 9.17) is 4.74 Å². The van der Waals surface area contributed by atoms with E-state index in [0.717, 1.165) is 0 Å². The molecule has 0 bridgehead atoms. The van der Waals surface area contributed by atoms with Gasteiger partial charge in [0.1, 0.15) is 0 Å². The molecule has 1 N–H and O–H groups in total. The summed E-state index contributed by atoms with van der Waals surface area (Å²) in [4.78, 5) is 12.9. The molecule has 24 heavy (non-hydrogen) atoms. The molecule has 1 aliphatic heterocycles. The molecular formula is C16H18N2O4S2. The monoisotopic (exact) mass is 366 g/mol. The molecule has 1 fully saturated rings. The highest BCUT2D eigenvalue weighted by molar-refractivity contribution is 7.89. The number of thiophene rings is 1. The molecule has 1 unspecified atom stereocenters. The summed E-state index contributed by atoms with van der Waals surface area (Å²) in [7, 11) is -3.62. The first kappa shape index (κ1) is 17.1. The zero-order valence-electron chi connectivity index (χ0n) is 13.1. The molecule has 3 rings (SSSR count). The van der Waals surface area contributed by atoms with Gasteiger partial charge in [0.15, 0.2) is 0 Å². The maximum atomic E-state index is 12.8. The largest absolute Gasteiger partial charge is 0.378 e. The van der Waals surface area contributed by atoms with E-state index in [-0.39, 0.29) is 16.8 Å². The van der Waals surface area contributed by atoms with Crippen LogP contribution in [0.5, 0.6) is 0 Å². The van der Waals surface area contributed by atoms with Gasteiger partial charge in [0.2, 0.25) is 10.0 Å². The van der Waals surface area contributed by atoms with Crippen LogP contribution in [0.2, 0.25) is 0 Å². The molecule has 2 heterocycles. The predicted molar refractivity (Wildman–Crippen MR) is 92.9 cm³/mol. The lowest BCUT2D eigenvalue weighted by molar-refractivity contribution is 0.0393. The van der Waals surface area contributed by atoms with Gasteiger partial charge in [0.05, 0.1) is 23.0 Å². The number of rotatable bonds is 4. The Labute approximate surface area is 145 Å². The topological polar surface area (TPSA) is 75.7 Å². The number of nitrogens with zero attached hydrogens (tertiary/aromatic N) is 1. The summed E-state index contributed by atoms with van der Waals surface area (Å²) in [5, 5.41) is 4.55. The van der Waals surface area contributed by atoms with Crippen molar-refractivity contribution in [2.75, 3.05) is 25.1 Å². The Kier molecular flexibility index (Phi) is 5.00. The van der Waals surface area contributed by atoms with Crippen LogP contribution >= 0.6 is 11.3 Å². The SMILES string of the molecule is CC1COCCN1S(=O)(=O)c1cccc(NC(=O)c2cccs2)c1. The minimum absolute atomic E-state index is 0.167. The van der Waals surface area contributed by atoms with Crippen molar-refractivity contribution in [1.29, 1.82) is 0 Å². The molecular weight excluding hydrogens is 348 g/mol. The lowest BCUT2D eigenvalue weighted by Gasteiger charge is -2.32. The van der Waals surface area contributed by atoms with E-state index in [1.165, 1.54) is 27.8 Å². The van der Waals surface area contributed by atoms with E-state index < -0.39 is 10.0 Å². The fraction of sp³-hybridized carbons (Fsp3) is 0.312. The number of benzene rings is 1. The number of carbonyl (C=O) groups is 1. The predicted octanol–water partition coefficient (Wildman–Crippen LogP) is 2.41. The highest BCUT2D eigenvalue weighted by Crippen LogP contribution is 2.23. The zero-order chi connectivity index (χ0) is 17.2. The van der Waals surface area contributed by atoms with E-state index in [9.17, 15) is 13.2 Å². The van der Waals surface area contributed by atoms with E-state index in [2.05, 4.69) is 5.32 Å². The van der Waals surface area contributed by atoms with Crippen LogP contribution in [-0.4, -0.2) is 44.4 Å². The molecule has 1 aromatic heterocycles. The highest BCUT2D eigenvalue weighted by atomic mass is 32.2. The third-order valence-electron chi connectivity index (χ3n) is 3.75. The van der Waals surface area contributed by atoms with E-state index >= 15 is 0 Å². The van der Waals surface area contributed by atoms with Crippen LogP contribution in [0.4, 0.5) is 5.69 Å². The van der Waals surface area contributed by atoms with Crippen molar-refractivity contribution >= 4 is 33.0 Å². The molecule has 0 saturated carbocycles. The summed E-state index contributed by atoms with van der Waals surface area (Å²) in [6, 6.07) is 9.63. The Balaban J connectivity index is 1.83. The maximum absolute atomic E-state index is 12.8. The second-order valence-corrected chi connectivity index (χ2v) is 8.34. The first-order valence-electron chi connectivity index (χ1n) is 7.53. The van der Waals surface area contributed by atoms with Gasteiger partial charge in [-0.15, -0.1) is 11.3 Å². The minimum atomic E-state index is -3.62. The van der Waals surface area contributed by atoms with Gasteiger partial charge in [-0.3, -0.25) is 4.79 Å². The fourth-order valence-electron chi connectivity index (χ4n) is 2.54. The molecule has 1 atom stereocenters. The van der Waals surface area contributed by atoms with Gasteiger partial charge >= 0.3 is 0 Å². The Hall–Kier alpha value is -1.74. The van der Waals surface area contributed by atoms with Crippen LogP contribution in [0.25, 0.3) is 0 Å². The molecule has 2 aromatic rings. The lowest BCUT2D eigenvalue weighted by Crippen LogP contribution is -2.46. The van der Waals surface area contributed by atoms with Crippen molar-refractivity contribution < 1.29 is 17.9 Å². The number of anilines is 1. The highest BCUT2D eigenvalue weighted by Gasteiger charge is 2.31. The number of hydrogen-bond donors (Lipinski definition) is 1. The van der Waals surface area contributed by atoms with Gasteiger partial charge in [-0.05, 0) is 36.6 Å². The standard InChI is InChI=1S/C16H18N2O4S2/c1-12-11-22-8-7-18(12)24(20,21)14-5-2-4-13(10-14)17-16(19)15-6-3-9-23-15/h2-6,9-10,12H,7-8,11H2,1H3,(H,17,19). The van der Waals surface area contributed by atoms with E-state index in [1.807, 2.05) is 12.3 Å². The van der Waals surface area contributed by atoms with Crippen molar-refractivity contribution in [1.82, 2.24) is 4.31 Å². The maximum Gasteiger partial charge on any atom is 0.265 e. The molecule has 8 heteroatoms. The van der Waals surface area contributed by atoms with Crippen molar-refractivity contribution in [2.24, 2.45) is 0 Å². The van der Waals surface area contributed by atoms with Crippen LogP contribution in [0, 0.1) is 0 Å². The van der Waals surface area contributed by atoms with Crippen LogP contribution < -0.4 is 5.32 Å². The number of morpholine rings is 1. The van der Waals surface area contributed by atoms with Crippen LogP contribution in [-0.2, 0) is 14.8 Å². The smallest absolute Gasteiger partial charge is 0.265 e. The first-order chi connectivity index (χ1) is 11.5. The van der Waals surface area contributed by atoms with Gasteiger partial charge in [0, 0.05) is 18.3 Å². The molecule has 0 spiro atoms. The summed E-state index contributed by atoms with van der Waals surface area (Å²) in [5.41, 5.74) is 0.454. The first-order valence-corrected chi connectivity index (χ1v) is 9.85. The lowest BCUT2D eigenvalue weighted by atomic mass is 10.3. The zero-order valence-corrected chi connectivity index (χ0v) is 14.8. The quantitative estimate of drug-likeness (QED) is 0.902. The fourth-order valence-corrected chi connectivity index (χ4v) is 4.80. The Morgan fingerprint density at radius 3 is 2.88 bits per heavy atom. The summed E-state index contributed by atoms with van der Waals surface area (Å²) in [6.45, 7) is 2.92. The number of ether oxygens (including phenoxy) is 1. The minimum Gasteiger partial charge on any atom is -0.378 e. The number of hydrogen-bond acceptors (Lipinski definition) is 5. The Morgan fingerprint density at radius 2 is 2.17 bits per heavy atom.